The number of oxazole rings is 1. The first kappa shape index (κ1) is 7.85. The van der Waals surface area contributed by atoms with E-state index >= 15 is 0 Å². The summed E-state index contributed by atoms with van der Waals surface area (Å²) in [5, 5.41) is 3.80. The Labute approximate surface area is 74.5 Å². The third-order valence-corrected chi connectivity index (χ3v) is 1.80. The van der Waals surface area contributed by atoms with Gasteiger partial charge in [0.25, 0.3) is 6.01 Å². The number of aryl methyl sites for hydroxylation is 2. The highest BCUT2D eigenvalue weighted by atomic mass is 16.5. The van der Waals surface area contributed by atoms with E-state index in [4.69, 9.17) is 14.7 Å². The SMILES string of the molecule is Cc1noc(C)c1-c1cnc(N)o1. The number of aromatic nitrogens is 2. The van der Waals surface area contributed by atoms with Crippen molar-refractivity contribution in [2.45, 2.75) is 13.8 Å². The summed E-state index contributed by atoms with van der Waals surface area (Å²) in [6.07, 6.45) is 1.56. The number of hydrogen-bond donors (Lipinski definition) is 1. The molecule has 0 bridgehead atoms. The van der Waals surface area contributed by atoms with Gasteiger partial charge < -0.3 is 14.7 Å². The van der Waals surface area contributed by atoms with Gasteiger partial charge in [0.2, 0.25) is 0 Å². The van der Waals surface area contributed by atoms with Crippen LogP contribution in [0.1, 0.15) is 11.5 Å². The maximum absolute atomic E-state index is 5.36. The molecule has 2 N–H and O–H groups in total. The molecule has 2 aromatic rings. The summed E-state index contributed by atoms with van der Waals surface area (Å²) in [6, 6.07) is 0.148. The summed E-state index contributed by atoms with van der Waals surface area (Å²) in [6.45, 7) is 3.65. The average molecular weight is 179 g/mol. The topological polar surface area (TPSA) is 78.1 Å². The van der Waals surface area contributed by atoms with E-state index in [0.717, 1.165) is 11.3 Å². The maximum atomic E-state index is 5.36. The highest BCUT2D eigenvalue weighted by Gasteiger charge is 2.14. The van der Waals surface area contributed by atoms with E-state index in [9.17, 15) is 0 Å². The van der Waals surface area contributed by atoms with Crippen molar-refractivity contribution in [3.63, 3.8) is 0 Å². The lowest BCUT2D eigenvalue weighted by molar-refractivity contribution is 0.393. The van der Waals surface area contributed by atoms with E-state index < -0.39 is 0 Å². The average Bonchev–Trinajstić information content (AvgIpc) is 2.60. The standard InChI is InChI=1S/C8H9N3O2/c1-4-7(5(2)13-11-4)6-3-10-8(9)12-6/h3H,1-2H3,(H2,9,10). The number of anilines is 1. The molecule has 0 unspecified atom stereocenters. The molecule has 68 valence electrons. The van der Waals surface area contributed by atoms with E-state index in [1.165, 1.54) is 0 Å². The van der Waals surface area contributed by atoms with Crippen LogP contribution in [-0.4, -0.2) is 10.1 Å². The smallest absolute Gasteiger partial charge is 0.292 e. The molecule has 0 radical (unpaired) electrons. The predicted molar refractivity (Wildman–Crippen MR) is 45.9 cm³/mol. The van der Waals surface area contributed by atoms with E-state index in [-0.39, 0.29) is 6.01 Å². The summed E-state index contributed by atoms with van der Waals surface area (Å²) >= 11 is 0. The van der Waals surface area contributed by atoms with Crippen molar-refractivity contribution in [1.82, 2.24) is 10.1 Å². The van der Waals surface area contributed by atoms with Gasteiger partial charge in [0, 0.05) is 0 Å². The Kier molecular flexibility index (Phi) is 1.58. The predicted octanol–water partition coefficient (Wildman–Crippen LogP) is 1.53. The zero-order chi connectivity index (χ0) is 9.42. The highest BCUT2D eigenvalue weighted by Crippen LogP contribution is 2.27. The second-order valence-corrected chi connectivity index (χ2v) is 2.76. The Morgan fingerprint density at radius 1 is 1.38 bits per heavy atom. The van der Waals surface area contributed by atoms with Gasteiger partial charge in [-0.25, -0.2) is 4.98 Å². The van der Waals surface area contributed by atoms with E-state index in [1.807, 2.05) is 13.8 Å². The van der Waals surface area contributed by atoms with Crippen LogP contribution in [-0.2, 0) is 0 Å². The second-order valence-electron chi connectivity index (χ2n) is 2.76. The summed E-state index contributed by atoms with van der Waals surface area (Å²) < 4.78 is 10.1. The Morgan fingerprint density at radius 3 is 2.62 bits per heavy atom. The number of nitrogens with two attached hydrogens (primary N) is 1. The van der Waals surface area contributed by atoms with Crippen molar-refractivity contribution in [2.24, 2.45) is 0 Å². The molecule has 2 heterocycles. The van der Waals surface area contributed by atoms with Gasteiger partial charge in [0.05, 0.1) is 17.5 Å². The summed E-state index contributed by atoms with van der Waals surface area (Å²) in [5.74, 6) is 1.29. The van der Waals surface area contributed by atoms with Crippen LogP contribution in [0.5, 0.6) is 0 Å². The fraction of sp³-hybridized carbons (Fsp3) is 0.250. The Balaban J connectivity index is 2.57. The Morgan fingerprint density at radius 2 is 2.15 bits per heavy atom. The molecule has 5 heteroatoms. The first-order valence-corrected chi connectivity index (χ1v) is 3.83. The Hall–Kier alpha value is -1.78. The van der Waals surface area contributed by atoms with Gasteiger partial charge in [0.1, 0.15) is 5.76 Å². The van der Waals surface area contributed by atoms with Crippen LogP contribution in [0.4, 0.5) is 6.01 Å². The summed E-state index contributed by atoms with van der Waals surface area (Å²) in [5.41, 5.74) is 6.95. The minimum Gasteiger partial charge on any atom is -0.424 e. The van der Waals surface area contributed by atoms with Gasteiger partial charge in [-0.15, -0.1) is 0 Å². The lowest BCUT2D eigenvalue weighted by Crippen LogP contribution is -1.80. The van der Waals surface area contributed by atoms with Crippen molar-refractivity contribution >= 4 is 6.01 Å². The van der Waals surface area contributed by atoms with Crippen LogP contribution < -0.4 is 5.73 Å². The van der Waals surface area contributed by atoms with Crippen molar-refractivity contribution in [3.05, 3.63) is 17.7 Å². The molecule has 0 atom stereocenters. The quantitative estimate of drug-likeness (QED) is 0.718. The molecule has 2 aromatic heterocycles. The molecular formula is C8H9N3O2. The Bertz CT molecular complexity index is 411. The maximum Gasteiger partial charge on any atom is 0.292 e. The van der Waals surface area contributed by atoms with Crippen LogP contribution in [0.25, 0.3) is 11.3 Å². The number of hydrogen-bond acceptors (Lipinski definition) is 5. The molecule has 0 saturated heterocycles. The third-order valence-electron chi connectivity index (χ3n) is 1.80. The molecule has 0 aliphatic rings. The van der Waals surface area contributed by atoms with E-state index in [2.05, 4.69) is 10.1 Å². The molecule has 0 amide bonds. The molecule has 2 rings (SSSR count). The fourth-order valence-corrected chi connectivity index (χ4v) is 1.24. The van der Waals surface area contributed by atoms with Crippen molar-refractivity contribution in [1.29, 1.82) is 0 Å². The lowest BCUT2D eigenvalue weighted by Gasteiger charge is -1.91. The molecule has 0 saturated carbocycles. The second kappa shape index (κ2) is 2.62. The first-order valence-electron chi connectivity index (χ1n) is 3.83. The normalized spacial score (nSPS) is 10.6. The van der Waals surface area contributed by atoms with Crippen molar-refractivity contribution < 1.29 is 8.94 Å². The molecule has 0 spiro atoms. The van der Waals surface area contributed by atoms with Crippen molar-refractivity contribution in [3.8, 4) is 11.3 Å². The third kappa shape index (κ3) is 1.18. The van der Waals surface area contributed by atoms with Gasteiger partial charge in [-0.3, -0.25) is 0 Å². The van der Waals surface area contributed by atoms with Gasteiger partial charge in [-0.1, -0.05) is 5.16 Å². The highest BCUT2D eigenvalue weighted by molar-refractivity contribution is 5.61. The van der Waals surface area contributed by atoms with Gasteiger partial charge in [0.15, 0.2) is 5.76 Å². The molecule has 0 aliphatic carbocycles. The number of nitrogen functional groups attached to an aromatic ring is 1. The summed E-state index contributed by atoms with van der Waals surface area (Å²) in [4.78, 5) is 3.80. The van der Waals surface area contributed by atoms with E-state index in [0.29, 0.717) is 11.5 Å². The van der Waals surface area contributed by atoms with Crippen LogP contribution in [0.15, 0.2) is 15.1 Å². The monoisotopic (exact) mass is 179 g/mol. The largest absolute Gasteiger partial charge is 0.424 e. The van der Waals surface area contributed by atoms with Gasteiger partial charge in [-0.05, 0) is 13.8 Å². The minimum absolute atomic E-state index is 0.148. The van der Waals surface area contributed by atoms with Crippen LogP contribution in [0.3, 0.4) is 0 Å². The molecule has 5 nitrogen and oxygen atoms in total. The number of nitrogens with zero attached hydrogens (tertiary/aromatic N) is 2. The van der Waals surface area contributed by atoms with Crippen LogP contribution >= 0.6 is 0 Å². The molecule has 13 heavy (non-hydrogen) atoms. The van der Waals surface area contributed by atoms with Gasteiger partial charge >= 0.3 is 0 Å². The van der Waals surface area contributed by atoms with Gasteiger partial charge in [-0.2, -0.15) is 0 Å². The molecule has 0 aliphatic heterocycles. The zero-order valence-electron chi connectivity index (χ0n) is 7.37. The fourth-order valence-electron chi connectivity index (χ4n) is 1.24. The van der Waals surface area contributed by atoms with E-state index in [1.54, 1.807) is 6.20 Å². The first-order chi connectivity index (χ1) is 6.18. The summed E-state index contributed by atoms with van der Waals surface area (Å²) in [7, 11) is 0. The minimum atomic E-state index is 0.148. The van der Waals surface area contributed by atoms with Crippen molar-refractivity contribution in [2.75, 3.05) is 5.73 Å². The molecule has 0 aromatic carbocycles. The number of rotatable bonds is 1. The zero-order valence-corrected chi connectivity index (χ0v) is 7.37. The van der Waals surface area contributed by atoms with Crippen LogP contribution in [0.2, 0.25) is 0 Å². The molecule has 0 fully saturated rings. The lowest BCUT2D eigenvalue weighted by atomic mass is 10.2. The van der Waals surface area contributed by atoms with Crippen LogP contribution in [0, 0.1) is 13.8 Å². The molecular weight excluding hydrogens is 170 g/mol.